The lowest BCUT2D eigenvalue weighted by Crippen LogP contribution is -2.23. The summed E-state index contributed by atoms with van der Waals surface area (Å²) in [5, 5.41) is 11.1. The molecule has 0 unspecified atom stereocenters. The minimum absolute atomic E-state index is 0.0533. The highest BCUT2D eigenvalue weighted by molar-refractivity contribution is 9.11. The van der Waals surface area contributed by atoms with Crippen LogP contribution in [0.1, 0.15) is 22.5 Å². The smallest absolute Gasteiger partial charge is 0.303 e. The van der Waals surface area contributed by atoms with Crippen LogP contribution in [0.15, 0.2) is 9.85 Å². The van der Waals surface area contributed by atoms with Crippen molar-refractivity contribution in [2.75, 3.05) is 13.7 Å². The molecule has 0 aliphatic rings. The van der Waals surface area contributed by atoms with Crippen molar-refractivity contribution in [2.24, 2.45) is 0 Å². The van der Waals surface area contributed by atoms with Gasteiger partial charge < -0.3 is 15.2 Å². The van der Waals surface area contributed by atoms with E-state index in [1.165, 1.54) is 18.4 Å². The molecule has 0 atom stereocenters. The molecule has 2 N–H and O–H groups in total. The van der Waals surface area contributed by atoms with Gasteiger partial charge in [0, 0.05) is 19.0 Å². The first-order valence-corrected chi connectivity index (χ1v) is 6.49. The second kappa shape index (κ2) is 6.61. The molecule has 0 aliphatic heterocycles. The third kappa shape index (κ3) is 4.35. The topological polar surface area (TPSA) is 75.6 Å². The molecule has 0 saturated carbocycles. The van der Waals surface area contributed by atoms with Crippen LogP contribution in [0, 0.1) is 0 Å². The van der Waals surface area contributed by atoms with E-state index in [-0.39, 0.29) is 12.3 Å². The Morgan fingerprint density at radius 3 is 2.82 bits per heavy atom. The number of carboxylic acid groups (broad SMARTS) is 1. The molecule has 94 valence electrons. The average Bonchev–Trinajstić information content (AvgIpc) is 2.65. The van der Waals surface area contributed by atoms with Crippen LogP contribution in [0.25, 0.3) is 0 Å². The predicted molar refractivity (Wildman–Crippen MR) is 67.8 cm³/mol. The lowest BCUT2D eigenvalue weighted by molar-refractivity contribution is -0.137. The number of rotatable bonds is 6. The fourth-order valence-electron chi connectivity index (χ4n) is 1.13. The van der Waals surface area contributed by atoms with Gasteiger partial charge in [0.15, 0.2) is 0 Å². The van der Waals surface area contributed by atoms with Gasteiger partial charge in [-0.1, -0.05) is 0 Å². The summed E-state index contributed by atoms with van der Waals surface area (Å²) in [5.41, 5.74) is 0. The van der Waals surface area contributed by atoms with Gasteiger partial charge in [-0.3, -0.25) is 9.59 Å². The molecule has 1 aromatic rings. The first kappa shape index (κ1) is 14.0. The highest BCUT2D eigenvalue weighted by atomic mass is 79.9. The van der Waals surface area contributed by atoms with Crippen molar-refractivity contribution < 1.29 is 19.4 Å². The zero-order valence-corrected chi connectivity index (χ0v) is 11.6. The Labute approximate surface area is 111 Å². The lowest BCUT2D eigenvalue weighted by Gasteiger charge is -2.01. The summed E-state index contributed by atoms with van der Waals surface area (Å²) in [4.78, 5) is 22.4. The van der Waals surface area contributed by atoms with Crippen LogP contribution >= 0.6 is 27.3 Å². The van der Waals surface area contributed by atoms with Gasteiger partial charge in [0.2, 0.25) is 0 Å². The summed E-state index contributed by atoms with van der Waals surface area (Å²) in [7, 11) is 1.53. The second-order valence-corrected chi connectivity index (χ2v) is 5.58. The number of thiophene rings is 1. The molecule has 0 aliphatic carbocycles. The van der Waals surface area contributed by atoms with E-state index in [1.54, 1.807) is 6.07 Å². The standard InChI is InChI=1S/C10H12BrNO4S/c1-16-6-5-7(17-9(6)11)10(15)12-4-2-3-8(13)14/h5H,2-4H2,1H3,(H,12,15)(H,13,14). The average molecular weight is 322 g/mol. The number of methoxy groups -OCH3 is 1. The number of hydrogen-bond acceptors (Lipinski definition) is 4. The van der Waals surface area contributed by atoms with E-state index in [1.807, 2.05) is 0 Å². The van der Waals surface area contributed by atoms with Crippen molar-refractivity contribution in [3.05, 3.63) is 14.7 Å². The van der Waals surface area contributed by atoms with Gasteiger partial charge in [0.25, 0.3) is 5.91 Å². The fourth-order valence-corrected chi connectivity index (χ4v) is 2.70. The molecule has 5 nitrogen and oxygen atoms in total. The normalized spacial score (nSPS) is 10.0. The number of amides is 1. The van der Waals surface area contributed by atoms with Crippen molar-refractivity contribution in [3.8, 4) is 5.75 Å². The van der Waals surface area contributed by atoms with Crippen molar-refractivity contribution in [1.29, 1.82) is 0 Å². The fraction of sp³-hybridized carbons (Fsp3) is 0.400. The zero-order valence-electron chi connectivity index (χ0n) is 9.16. The molecule has 0 aromatic carbocycles. The number of carboxylic acids is 1. The largest absolute Gasteiger partial charge is 0.495 e. The van der Waals surface area contributed by atoms with Crippen LogP contribution in [0.5, 0.6) is 5.75 Å². The zero-order chi connectivity index (χ0) is 12.8. The van der Waals surface area contributed by atoms with Gasteiger partial charge in [-0.2, -0.15) is 0 Å². The third-order valence-corrected chi connectivity index (χ3v) is 3.73. The summed E-state index contributed by atoms with van der Waals surface area (Å²) < 4.78 is 5.80. The summed E-state index contributed by atoms with van der Waals surface area (Å²) in [6, 6.07) is 1.64. The third-order valence-electron chi connectivity index (χ3n) is 1.95. The number of carbonyl (C=O) groups is 2. The van der Waals surface area contributed by atoms with Crippen molar-refractivity contribution in [1.82, 2.24) is 5.32 Å². The monoisotopic (exact) mass is 321 g/mol. The number of hydrogen-bond donors (Lipinski definition) is 2. The number of carbonyl (C=O) groups excluding carboxylic acids is 1. The van der Waals surface area contributed by atoms with Crippen molar-refractivity contribution in [3.63, 3.8) is 0 Å². The quantitative estimate of drug-likeness (QED) is 0.787. The maximum atomic E-state index is 11.6. The minimum atomic E-state index is -0.861. The van der Waals surface area contributed by atoms with Gasteiger partial charge in [-0.05, 0) is 22.4 Å². The molecule has 0 fully saturated rings. The van der Waals surface area contributed by atoms with Gasteiger partial charge in [0.05, 0.1) is 12.0 Å². The van der Waals surface area contributed by atoms with E-state index in [0.29, 0.717) is 23.6 Å². The van der Waals surface area contributed by atoms with Crippen LogP contribution in [0.2, 0.25) is 0 Å². The molecule has 0 saturated heterocycles. The lowest BCUT2D eigenvalue weighted by atomic mass is 10.3. The highest BCUT2D eigenvalue weighted by Crippen LogP contribution is 2.34. The Hall–Kier alpha value is -1.08. The Bertz CT molecular complexity index is 418. The summed E-state index contributed by atoms with van der Waals surface area (Å²) in [6.07, 6.45) is 0.475. The van der Waals surface area contributed by atoms with Crippen molar-refractivity contribution >= 4 is 39.1 Å². The van der Waals surface area contributed by atoms with Gasteiger partial charge in [-0.15, -0.1) is 11.3 Å². The summed E-state index contributed by atoms with van der Waals surface area (Å²) >= 11 is 4.56. The van der Waals surface area contributed by atoms with Crippen LogP contribution in [-0.4, -0.2) is 30.6 Å². The summed E-state index contributed by atoms with van der Waals surface area (Å²) in [6.45, 7) is 0.350. The molecular weight excluding hydrogens is 310 g/mol. The van der Waals surface area contributed by atoms with E-state index < -0.39 is 5.97 Å². The molecule has 1 heterocycles. The van der Waals surface area contributed by atoms with Crippen LogP contribution < -0.4 is 10.1 Å². The molecule has 1 aromatic heterocycles. The van der Waals surface area contributed by atoms with E-state index in [9.17, 15) is 9.59 Å². The molecular formula is C10H12BrNO4S. The van der Waals surface area contributed by atoms with Crippen molar-refractivity contribution in [2.45, 2.75) is 12.8 Å². The molecule has 0 spiro atoms. The van der Waals surface area contributed by atoms with Crippen LogP contribution in [0.3, 0.4) is 0 Å². The summed E-state index contributed by atoms with van der Waals surface area (Å²) in [5.74, 6) is -0.463. The Kier molecular flexibility index (Phi) is 5.43. The van der Waals surface area contributed by atoms with Gasteiger partial charge >= 0.3 is 5.97 Å². The van der Waals surface area contributed by atoms with E-state index in [0.717, 1.165) is 3.79 Å². The van der Waals surface area contributed by atoms with E-state index >= 15 is 0 Å². The van der Waals surface area contributed by atoms with Gasteiger partial charge in [-0.25, -0.2) is 0 Å². The molecule has 17 heavy (non-hydrogen) atoms. The highest BCUT2D eigenvalue weighted by Gasteiger charge is 2.13. The molecule has 1 rings (SSSR count). The van der Waals surface area contributed by atoms with Crippen LogP contribution in [0.4, 0.5) is 0 Å². The van der Waals surface area contributed by atoms with Crippen LogP contribution in [-0.2, 0) is 4.79 Å². The molecule has 7 heteroatoms. The molecule has 0 bridgehead atoms. The van der Waals surface area contributed by atoms with Gasteiger partial charge in [0.1, 0.15) is 9.54 Å². The maximum Gasteiger partial charge on any atom is 0.303 e. The number of aliphatic carboxylic acids is 1. The first-order valence-electron chi connectivity index (χ1n) is 4.88. The second-order valence-electron chi connectivity index (χ2n) is 3.21. The SMILES string of the molecule is COc1cc(C(=O)NCCCC(=O)O)sc1Br. The molecule has 0 radical (unpaired) electrons. The minimum Gasteiger partial charge on any atom is -0.495 e. The molecule has 1 amide bonds. The number of halogens is 1. The van der Waals surface area contributed by atoms with E-state index in [2.05, 4.69) is 21.2 Å². The Balaban J connectivity index is 2.44. The van der Waals surface area contributed by atoms with E-state index in [4.69, 9.17) is 9.84 Å². The Morgan fingerprint density at radius 1 is 1.59 bits per heavy atom. The maximum absolute atomic E-state index is 11.6. The Morgan fingerprint density at radius 2 is 2.29 bits per heavy atom. The number of nitrogens with one attached hydrogen (secondary N) is 1. The number of ether oxygens (including phenoxy) is 1. The predicted octanol–water partition coefficient (Wildman–Crippen LogP) is 2.11. The first-order chi connectivity index (χ1) is 8.04.